The lowest BCUT2D eigenvalue weighted by Crippen LogP contribution is -2.36. The quantitative estimate of drug-likeness (QED) is 0.902. The number of aliphatic hydroxyl groups is 1. The second-order valence-electron chi connectivity index (χ2n) is 5.09. The average Bonchev–Trinajstić information content (AvgIpc) is 2.58. The van der Waals surface area contributed by atoms with Crippen LogP contribution in [-0.4, -0.2) is 36.3 Å². The van der Waals surface area contributed by atoms with Gasteiger partial charge >= 0.3 is 0 Å². The van der Waals surface area contributed by atoms with Crippen LogP contribution in [0.2, 0.25) is 0 Å². The highest BCUT2D eigenvalue weighted by Gasteiger charge is 2.40. The number of ether oxygens (including phenoxy) is 3. The van der Waals surface area contributed by atoms with Gasteiger partial charge in [-0.2, -0.15) is 0 Å². The molecule has 23 heavy (non-hydrogen) atoms. The normalized spacial score (nSPS) is 19.7. The Hall–Kier alpha value is -2.73. The Bertz CT molecular complexity index is 740. The van der Waals surface area contributed by atoms with Gasteiger partial charge in [-0.1, -0.05) is 30.3 Å². The van der Waals surface area contributed by atoms with E-state index >= 15 is 0 Å². The second kappa shape index (κ2) is 5.81. The van der Waals surface area contributed by atoms with E-state index in [0.29, 0.717) is 5.56 Å². The molecule has 2 N–H and O–H groups in total. The van der Waals surface area contributed by atoms with Crippen LogP contribution in [0.3, 0.4) is 0 Å². The highest BCUT2D eigenvalue weighted by Crippen LogP contribution is 2.48. The van der Waals surface area contributed by atoms with E-state index in [2.05, 4.69) is 0 Å². The summed E-state index contributed by atoms with van der Waals surface area (Å²) in [6.45, 7) is 0. The molecule has 2 aromatic carbocycles. The molecule has 3 rings (SSSR count). The molecule has 0 bridgehead atoms. The molecule has 0 aliphatic carbocycles. The Morgan fingerprint density at radius 1 is 1.13 bits per heavy atom. The van der Waals surface area contributed by atoms with Crippen LogP contribution in [-0.2, 0) is 0 Å². The Kier molecular flexibility index (Phi) is 3.83. The molecule has 1 heterocycles. The molecule has 0 saturated carbocycles. The average molecular weight is 316 g/mol. The van der Waals surface area contributed by atoms with Crippen molar-refractivity contribution in [2.45, 2.75) is 12.2 Å². The van der Waals surface area contributed by atoms with Crippen molar-refractivity contribution in [3.05, 3.63) is 47.5 Å². The SMILES string of the molecule is COc1cc2c(c(O)c1OC)C(=O)C(O)C(c1ccccc1)O2. The second-order valence-corrected chi connectivity index (χ2v) is 5.09. The Balaban J connectivity index is 2.13. The van der Waals surface area contributed by atoms with E-state index in [0.717, 1.165) is 0 Å². The molecule has 0 fully saturated rings. The van der Waals surface area contributed by atoms with Gasteiger partial charge in [-0.25, -0.2) is 0 Å². The molecule has 2 aromatic rings. The number of rotatable bonds is 3. The number of hydrogen-bond acceptors (Lipinski definition) is 6. The number of ketones is 1. The molecule has 0 radical (unpaired) electrons. The molecular formula is C17H16O6. The number of phenols is 1. The van der Waals surface area contributed by atoms with E-state index < -0.39 is 23.7 Å². The van der Waals surface area contributed by atoms with Gasteiger partial charge < -0.3 is 24.4 Å². The summed E-state index contributed by atoms with van der Waals surface area (Å²) in [5.41, 5.74) is 0.551. The standard InChI is InChI=1S/C17H16O6/c1-21-11-8-10-12(14(19)17(11)22-2)13(18)15(20)16(23-10)9-6-4-3-5-7-9/h3-8,15-16,19-20H,1-2H3. The summed E-state index contributed by atoms with van der Waals surface area (Å²) < 4.78 is 16.0. The fraction of sp³-hybridized carbons (Fsp3) is 0.235. The van der Waals surface area contributed by atoms with Crippen molar-refractivity contribution < 1.29 is 29.2 Å². The third-order valence-corrected chi connectivity index (χ3v) is 3.79. The van der Waals surface area contributed by atoms with Crippen molar-refractivity contribution in [3.63, 3.8) is 0 Å². The number of aliphatic hydroxyl groups excluding tert-OH is 1. The number of aromatic hydroxyl groups is 1. The van der Waals surface area contributed by atoms with Crippen molar-refractivity contribution in [2.75, 3.05) is 14.2 Å². The molecule has 0 aromatic heterocycles. The van der Waals surface area contributed by atoms with Gasteiger partial charge in [-0.05, 0) is 5.56 Å². The van der Waals surface area contributed by atoms with E-state index in [9.17, 15) is 15.0 Å². The number of methoxy groups -OCH3 is 2. The van der Waals surface area contributed by atoms with Crippen molar-refractivity contribution in [3.8, 4) is 23.0 Å². The molecule has 1 aliphatic rings. The first-order valence-corrected chi connectivity index (χ1v) is 7.00. The third-order valence-electron chi connectivity index (χ3n) is 3.79. The molecule has 1 aliphatic heterocycles. The summed E-state index contributed by atoms with van der Waals surface area (Å²) in [5, 5.41) is 20.6. The Labute approximate surface area is 132 Å². The number of benzene rings is 2. The lowest BCUT2D eigenvalue weighted by molar-refractivity contribution is 0.0209. The first kappa shape index (κ1) is 15.2. The van der Waals surface area contributed by atoms with Crippen molar-refractivity contribution in [2.24, 2.45) is 0 Å². The smallest absolute Gasteiger partial charge is 0.204 e. The minimum atomic E-state index is -1.42. The van der Waals surface area contributed by atoms with E-state index in [1.165, 1.54) is 20.3 Å². The van der Waals surface area contributed by atoms with Gasteiger partial charge in [0.05, 0.1) is 14.2 Å². The van der Waals surface area contributed by atoms with Crippen LogP contribution >= 0.6 is 0 Å². The summed E-state index contributed by atoms with van der Waals surface area (Å²) in [4.78, 5) is 12.5. The zero-order valence-electron chi connectivity index (χ0n) is 12.6. The number of carbonyl (C=O) groups is 1. The maximum absolute atomic E-state index is 12.5. The molecule has 6 nitrogen and oxygen atoms in total. The van der Waals surface area contributed by atoms with Gasteiger partial charge in [0.2, 0.25) is 11.5 Å². The van der Waals surface area contributed by atoms with Crippen LogP contribution in [0.5, 0.6) is 23.0 Å². The van der Waals surface area contributed by atoms with Gasteiger partial charge in [0.25, 0.3) is 0 Å². The maximum atomic E-state index is 12.5. The third kappa shape index (κ3) is 2.37. The van der Waals surface area contributed by atoms with Gasteiger partial charge in [-0.15, -0.1) is 0 Å². The number of fused-ring (bicyclic) bond motifs is 1. The highest BCUT2D eigenvalue weighted by molar-refractivity contribution is 6.06. The van der Waals surface area contributed by atoms with E-state index in [-0.39, 0.29) is 22.8 Å². The minimum Gasteiger partial charge on any atom is -0.504 e. The molecule has 2 atom stereocenters. The van der Waals surface area contributed by atoms with Crippen molar-refractivity contribution in [1.82, 2.24) is 0 Å². The molecule has 0 saturated heterocycles. The number of hydrogen-bond donors (Lipinski definition) is 2. The van der Waals surface area contributed by atoms with Crippen LogP contribution in [0.25, 0.3) is 0 Å². The van der Waals surface area contributed by atoms with Gasteiger partial charge in [-0.3, -0.25) is 4.79 Å². The lowest BCUT2D eigenvalue weighted by Gasteiger charge is -2.30. The Morgan fingerprint density at radius 3 is 2.43 bits per heavy atom. The fourth-order valence-corrected chi connectivity index (χ4v) is 2.66. The molecule has 120 valence electrons. The van der Waals surface area contributed by atoms with E-state index in [1.807, 2.05) is 6.07 Å². The number of phenolic OH excluding ortho intramolecular Hbond substituents is 1. The van der Waals surface area contributed by atoms with Crippen LogP contribution < -0.4 is 14.2 Å². The van der Waals surface area contributed by atoms with Crippen molar-refractivity contribution in [1.29, 1.82) is 0 Å². The first-order chi connectivity index (χ1) is 11.1. The summed E-state index contributed by atoms with van der Waals surface area (Å²) in [6.07, 6.45) is -2.28. The molecule has 2 unspecified atom stereocenters. The largest absolute Gasteiger partial charge is 0.504 e. The zero-order valence-corrected chi connectivity index (χ0v) is 12.6. The van der Waals surface area contributed by atoms with E-state index in [1.54, 1.807) is 24.3 Å². The van der Waals surface area contributed by atoms with Crippen LogP contribution in [0.4, 0.5) is 0 Å². The van der Waals surface area contributed by atoms with Gasteiger partial charge in [0.1, 0.15) is 11.3 Å². The fourth-order valence-electron chi connectivity index (χ4n) is 2.66. The maximum Gasteiger partial charge on any atom is 0.204 e. The topological polar surface area (TPSA) is 85.2 Å². The van der Waals surface area contributed by atoms with Crippen LogP contribution in [0.15, 0.2) is 36.4 Å². The molecule has 0 spiro atoms. The van der Waals surface area contributed by atoms with Crippen LogP contribution in [0.1, 0.15) is 22.0 Å². The molecule has 0 amide bonds. The summed E-state index contributed by atoms with van der Waals surface area (Å²) in [7, 11) is 2.76. The summed E-state index contributed by atoms with van der Waals surface area (Å²) in [6, 6.07) is 10.4. The van der Waals surface area contributed by atoms with Crippen LogP contribution in [0, 0.1) is 0 Å². The predicted molar refractivity (Wildman–Crippen MR) is 81.4 cm³/mol. The summed E-state index contributed by atoms with van der Waals surface area (Å²) in [5.74, 6) is -0.631. The monoisotopic (exact) mass is 316 g/mol. The highest BCUT2D eigenvalue weighted by atomic mass is 16.5. The Morgan fingerprint density at radius 2 is 1.83 bits per heavy atom. The van der Waals surface area contributed by atoms with Gasteiger partial charge in [0, 0.05) is 6.07 Å². The van der Waals surface area contributed by atoms with Crippen molar-refractivity contribution >= 4 is 5.78 Å². The number of carbonyl (C=O) groups excluding carboxylic acids is 1. The zero-order chi connectivity index (χ0) is 16.6. The summed E-state index contributed by atoms with van der Waals surface area (Å²) >= 11 is 0. The first-order valence-electron chi connectivity index (χ1n) is 7.00. The minimum absolute atomic E-state index is 0.0218. The van der Waals surface area contributed by atoms with Gasteiger partial charge in [0.15, 0.2) is 23.7 Å². The molecular weight excluding hydrogens is 300 g/mol. The predicted octanol–water partition coefficient (Wildman–Crippen LogP) is 2.09. The number of Topliss-reactive ketones (excluding diaryl/α,β-unsaturated/α-hetero) is 1. The molecule has 6 heteroatoms. The lowest BCUT2D eigenvalue weighted by atomic mass is 9.92. The van der Waals surface area contributed by atoms with E-state index in [4.69, 9.17) is 14.2 Å².